The van der Waals surface area contributed by atoms with Crippen LogP contribution in [-0.4, -0.2) is 17.2 Å². The lowest BCUT2D eigenvalue weighted by atomic mass is 9.95. The van der Waals surface area contributed by atoms with Crippen molar-refractivity contribution in [2.45, 2.75) is 48.8 Å². The summed E-state index contributed by atoms with van der Waals surface area (Å²) in [6.07, 6.45) is 5.24. The van der Waals surface area contributed by atoms with Crippen LogP contribution in [-0.2, 0) is 4.79 Å². The first kappa shape index (κ1) is 13.0. The first-order valence-corrected chi connectivity index (χ1v) is 8.12. The number of benzene rings is 1. The van der Waals surface area contributed by atoms with Crippen LogP contribution in [0, 0.1) is 11.8 Å². The van der Waals surface area contributed by atoms with Crippen molar-refractivity contribution in [3.05, 3.63) is 30.3 Å². The normalized spacial score (nSPS) is 30.3. The highest BCUT2D eigenvalue weighted by Gasteiger charge is 2.40. The summed E-state index contributed by atoms with van der Waals surface area (Å²) in [5, 5.41) is 3.26. The molecule has 2 bridgehead atoms. The highest BCUT2D eigenvalue weighted by Crippen LogP contribution is 2.44. The predicted octanol–water partition coefficient (Wildman–Crippen LogP) is 3.47. The molecule has 1 N–H and O–H groups in total. The molecule has 0 saturated heterocycles. The molecule has 102 valence electrons. The van der Waals surface area contributed by atoms with Crippen LogP contribution in [0.3, 0.4) is 0 Å². The first-order chi connectivity index (χ1) is 9.22. The van der Waals surface area contributed by atoms with Gasteiger partial charge in [-0.2, -0.15) is 0 Å². The van der Waals surface area contributed by atoms with Crippen molar-refractivity contribution in [1.29, 1.82) is 0 Å². The molecule has 1 aromatic rings. The van der Waals surface area contributed by atoms with Gasteiger partial charge in [0.25, 0.3) is 0 Å². The number of hydrogen-bond acceptors (Lipinski definition) is 2. The quantitative estimate of drug-likeness (QED) is 0.852. The van der Waals surface area contributed by atoms with Gasteiger partial charge in [-0.25, -0.2) is 0 Å². The van der Waals surface area contributed by atoms with Crippen LogP contribution < -0.4 is 5.32 Å². The largest absolute Gasteiger partial charge is 0.352 e. The van der Waals surface area contributed by atoms with E-state index >= 15 is 0 Å². The third kappa shape index (κ3) is 2.97. The summed E-state index contributed by atoms with van der Waals surface area (Å²) >= 11 is 1.64. The monoisotopic (exact) mass is 275 g/mol. The van der Waals surface area contributed by atoms with Crippen molar-refractivity contribution in [2.24, 2.45) is 11.8 Å². The third-order valence-corrected chi connectivity index (χ3v) is 5.60. The number of amides is 1. The second kappa shape index (κ2) is 5.58. The van der Waals surface area contributed by atoms with Crippen LogP contribution in [0.1, 0.15) is 32.6 Å². The maximum atomic E-state index is 12.2. The zero-order valence-corrected chi connectivity index (χ0v) is 12.2. The van der Waals surface area contributed by atoms with Crippen molar-refractivity contribution >= 4 is 17.7 Å². The first-order valence-electron chi connectivity index (χ1n) is 7.24. The van der Waals surface area contributed by atoms with Gasteiger partial charge in [0.15, 0.2) is 0 Å². The summed E-state index contributed by atoms with van der Waals surface area (Å²) < 4.78 is 0. The van der Waals surface area contributed by atoms with Crippen LogP contribution in [0.5, 0.6) is 0 Å². The van der Waals surface area contributed by atoms with E-state index in [-0.39, 0.29) is 11.2 Å². The minimum atomic E-state index is -0.0125. The number of carbonyl (C=O) groups is 1. The molecule has 1 amide bonds. The van der Waals surface area contributed by atoms with Crippen LogP contribution in [0.25, 0.3) is 0 Å². The Morgan fingerprint density at radius 2 is 2.05 bits per heavy atom. The van der Waals surface area contributed by atoms with Gasteiger partial charge in [0, 0.05) is 10.9 Å². The van der Waals surface area contributed by atoms with Gasteiger partial charge >= 0.3 is 0 Å². The minimum Gasteiger partial charge on any atom is -0.352 e. The average Bonchev–Trinajstić information content (AvgIpc) is 3.02. The smallest absolute Gasteiger partial charge is 0.233 e. The standard InChI is InChI=1S/C16H21NOS/c1-11(19-14-5-3-2-4-6-14)16(18)17-15-10-12-7-8-13(15)9-12/h2-6,11-13,15H,7-10H2,1H3,(H,17,18)/t11?,12-,13+,15-/m1/s1. The molecule has 0 aromatic heterocycles. The lowest BCUT2D eigenvalue weighted by molar-refractivity contribution is -0.121. The molecule has 2 nitrogen and oxygen atoms in total. The van der Waals surface area contributed by atoms with Gasteiger partial charge in [0.2, 0.25) is 5.91 Å². The Labute approximate surface area is 119 Å². The highest BCUT2D eigenvalue weighted by molar-refractivity contribution is 8.00. The SMILES string of the molecule is CC(Sc1ccccc1)C(=O)N[C@@H]1C[C@@H]2CC[C@H]1C2. The number of rotatable bonds is 4. The van der Waals surface area contributed by atoms with E-state index in [0.717, 1.165) is 16.7 Å². The molecule has 0 heterocycles. The topological polar surface area (TPSA) is 29.1 Å². The molecule has 3 rings (SSSR count). The molecule has 0 radical (unpaired) electrons. The van der Waals surface area contributed by atoms with E-state index in [2.05, 4.69) is 17.4 Å². The Balaban J connectivity index is 1.53. The van der Waals surface area contributed by atoms with E-state index in [9.17, 15) is 4.79 Å². The van der Waals surface area contributed by atoms with Crippen LogP contribution in [0.15, 0.2) is 35.2 Å². The predicted molar refractivity (Wildman–Crippen MR) is 79.1 cm³/mol. The van der Waals surface area contributed by atoms with E-state index in [4.69, 9.17) is 0 Å². The van der Waals surface area contributed by atoms with Gasteiger partial charge < -0.3 is 5.32 Å². The molecule has 19 heavy (non-hydrogen) atoms. The second-order valence-electron chi connectivity index (χ2n) is 5.86. The molecule has 3 heteroatoms. The highest BCUT2D eigenvalue weighted by atomic mass is 32.2. The Morgan fingerprint density at radius 3 is 2.68 bits per heavy atom. The summed E-state index contributed by atoms with van der Waals surface area (Å²) in [6.45, 7) is 2.00. The van der Waals surface area contributed by atoms with E-state index in [0.29, 0.717) is 6.04 Å². The molecule has 1 aromatic carbocycles. The zero-order chi connectivity index (χ0) is 13.2. The van der Waals surface area contributed by atoms with E-state index in [1.807, 2.05) is 25.1 Å². The molecule has 0 spiro atoms. The summed E-state index contributed by atoms with van der Waals surface area (Å²) in [7, 11) is 0. The minimum absolute atomic E-state index is 0.0125. The van der Waals surface area contributed by atoms with Gasteiger partial charge in [0.05, 0.1) is 5.25 Å². The van der Waals surface area contributed by atoms with Crippen molar-refractivity contribution in [2.75, 3.05) is 0 Å². The average molecular weight is 275 g/mol. The number of thioether (sulfide) groups is 1. The maximum Gasteiger partial charge on any atom is 0.233 e. The van der Waals surface area contributed by atoms with Gasteiger partial charge in [-0.3, -0.25) is 4.79 Å². The number of carbonyl (C=O) groups excluding carboxylic acids is 1. The number of hydrogen-bond donors (Lipinski definition) is 1. The molecule has 2 fully saturated rings. The summed E-state index contributed by atoms with van der Waals surface area (Å²) in [5.74, 6) is 1.83. The van der Waals surface area contributed by atoms with Crippen LogP contribution in [0.2, 0.25) is 0 Å². The fraction of sp³-hybridized carbons (Fsp3) is 0.562. The van der Waals surface area contributed by atoms with Gasteiger partial charge in [-0.05, 0) is 50.2 Å². The van der Waals surface area contributed by atoms with E-state index < -0.39 is 0 Å². The maximum absolute atomic E-state index is 12.2. The van der Waals surface area contributed by atoms with Crippen molar-refractivity contribution in [1.82, 2.24) is 5.32 Å². The van der Waals surface area contributed by atoms with E-state index in [1.54, 1.807) is 11.8 Å². The molecule has 4 atom stereocenters. The van der Waals surface area contributed by atoms with Crippen molar-refractivity contribution in [3.63, 3.8) is 0 Å². The van der Waals surface area contributed by atoms with Crippen LogP contribution >= 0.6 is 11.8 Å². The zero-order valence-electron chi connectivity index (χ0n) is 11.3. The molecule has 1 unspecified atom stereocenters. The Bertz CT molecular complexity index is 447. The molecule has 2 saturated carbocycles. The molecule has 0 aliphatic heterocycles. The van der Waals surface area contributed by atoms with Gasteiger partial charge in [-0.1, -0.05) is 24.6 Å². The number of nitrogens with one attached hydrogen (secondary N) is 1. The van der Waals surface area contributed by atoms with Crippen molar-refractivity contribution < 1.29 is 4.79 Å². The fourth-order valence-electron chi connectivity index (χ4n) is 3.48. The second-order valence-corrected chi connectivity index (χ2v) is 7.28. The van der Waals surface area contributed by atoms with Crippen LogP contribution in [0.4, 0.5) is 0 Å². The fourth-order valence-corrected chi connectivity index (χ4v) is 4.38. The van der Waals surface area contributed by atoms with E-state index in [1.165, 1.54) is 25.7 Å². The Morgan fingerprint density at radius 1 is 1.26 bits per heavy atom. The molecule has 2 aliphatic carbocycles. The van der Waals surface area contributed by atoms with Crippen molar-refractivity contribution in [3.8, 4) is 0 Å². The summed E-state index contributed by atoms with van der Waals surface area (Å²) in [5.41, 5.74) is 0. The number of fused-ring (bicyclic) bond motifs is 2. The molecule has 2 aliphatic rings. The Kier molecular flexibility index (Phi) is 3.83. The van der Waals surface area contributed by atoms with Gasteiger partial charge in [-0.15, -0.1) is 11.8 Å². The lowest BCUT2D eigenvalue weighted by Crippen LogP contribution is -2.42. The lowest BCUT2D eigenvalue weighted by Gasteiger charge is -2.24. The molecular weight excluding hydrogens is 254 g/mol. The Hall–Kier alpha value is -0.960. The summed E-state index contributed by atoms with van der Waals surface area (Å²) in [4.78, 5) is 13.4. The molecular formula is C16H21NOS. The summed E-state index contributed by atoms with van der Waals surface area (Å²) in [6, 6.07) is 10.6. The third-order valence-electron chi connectivity index (χ3n) is 4.49. The van der Waals surface area contributed by atoms with Gasteiger partial charge in [0.1, 0.15) is 0 Å².